The summed E-state index contributed by atoms with van der Waals surface area (Å²) < 4.78 is 10.7. The minimum atomic E-state index is -0.168. The summed E-state index contributed by atoms with van der Waals surface area (Å²) >= 11 is 0. The molecule has 0 saturated carbocycles. The lowest BCUT2D eigenvalue weighted by atomic mass is 9.97. The largest absolute Gasteiger partial charge is 0.467 e. The van der Waals surface area contributed by atoms with Gasteiger partial charge in [0.1, 0.15) is 6.33 Å². The number of fused-ring (bicyclic) bond motifs is 1. The van der Waals surface area contributed by atoms with E-state index in [1.54, 1.807) is 11.8 Å². The van der Waals surface area contributed by atoms with Crippen LogP contribution in [0.3, 0.4) is 0 Å². The second-order valence-corrected chi connectivity index (χ2v) is 5.89. The fourth-order valence-electron chi connectivity index (χ4n) is 2.94. The summed E-state index contributed by atoms with van der Waals surface area (Å²) in [4.78, 5) is 34.1. The van der Waals surface area contributed by atoms with E-state index in [9.17, 15) is 9.59 Å². The van der Waals surface area contributed by atoms with E-state index >= 15 is 0 Å². The average Bonchev–Trinajstić information content (AvgIpc) is 2.66. The zero-order chi connectivity index (χ0) is 17.6. The first-order valence-corrected chi connectivity index (χ1v) is 8.46. The predicted octanol–water partition coefficient (Wildman–Crippen LogP) is 1.81. The summed E-state index contributed by atoms with van der Waals surface area (Å²) in [5.74, 6) is 0.0133. The van der Waals surface area contributed by atoms with Crippen molar-refractivity contribution in [2.45, 2.75) is 19.8 Å². The third kappa shape index (κ3) is 4.04. The standard InChI is InChI=1S/C18H21N3O4/c1-2-24-18(23)13-7-9-21(10-8-13)16(22)11-25-17-14-5-3-4-6-15(14)19-12-20-17/h3-6,12-13H,2,7-11H2,1H3. The second kappa shape index (κ2) is 7.92. The van der Waals surface area contributed by atoms with Gasteiger partial charge < -0.3 is 14.4 Å². The molecule has 132 valence electrons. The summed E-state index contributed by atoms with van der Waals surface area (Å²) in [5, 5.41) is 0.777. The number of amides is 1. The minimum Gasteiger partial charge on any atom is -0.467 e. The number of rotatable bonds is 5. The van der Waals surface area contributed by atoms with Gasteiger partial charge in [-0.15, -0.1) is 0 Å². The molecule has 7 nitrogen and oxygen atoms in total. The van der Waals surface area contributed by atoms with E-state index in [1.807, 2.05) is 24.3 Å². The molecule has 3 rings (SSSR count). The fourth-order valence-corrected chi connectivity index (χ4v) is 2.94. The van der Waals surface area contributed by atoms with Crippen LogP contribution in [-0.4, -0.2) is 53.0 Å². The third-order valence-electron chi connectivity index (χ3n) is 4.31. The van der Waals surface area contributed by atoms with Gasteiger partial charge in [-0.25, -0.2) is 9.97 Å². The third-order valence-corrected chi connectivity index (χ3v) is 4.31. The van der Waals surface area contributed by atoms with Crippen LogP contribution in [0.25, 0.3) is 10.9 Å². The molecule has 1 saturated heterocycles. The van der Waals surface area contributed by atoms with E-state index in [0.29, 0.717) is 38.4 Å². The molecule has 0 bridgehead atoms. The molecular formula is C18H21N3O4. The highest BCUT2D eigenvalue weighted by molar-refractivity contribution is 5.84. The maximum absolute atomic E-state index is 12.4. The Hall–Kier alpha value is -2.70. The lowest BCUT2D eigenvalue weighted by molar-refractivity contribution is -0.151. The van der Waals surface area contributed by atoms with Gasteiger partial charge in [-0.1, -0.05) is 12.1 Å². The summed E-state index contributed by atoms with van der Waals surface area (Å²) in [6.45, 7) is 3.18. The Morgan fingerprint density at radius 1 is 1.20 bits per heavy atom. The van der Waals surface area contributed by atoms with Gasteiger partial charge in [-0.05, 0) is 31.9 Å². The molecule has 0 radical (unpaired) electrons. The van der Waals surface area contributed by atoms with E-state index in [0.717, 1.165) is 10.9 Å². The molecule has 0 N–H and O–H groups in total. The SMILES string of the molecule is CCOC(=O)C1CCN(C(=O)COc2ncnc3ccccc23)CC1. The minimum absolute atomic E-state index is 0.0783. The molecule has 1 amide bonds. The summed E-state index contributed by atoms with van der Waals surface area (Å²) in [6.07, 6.45) is 2.68. The Balaban J connectivity index is 1.54. The maximum atomic E-state index is 12.4. The lowest BCUT2D eigenvalue weighted by Gasteiger charge is -2.30. The number of piperidine rings is 1. The van der Waals surface area contributed by atoms with Crippen molar-refractivity contribution in [1.82, 2.24) is 14.9 Å². The van der Waals surface area contributed by atoms with Crippen LogP contribution >= 0.6 is 0 Å². The summed E-state index contributed by atoms with van der Waals surface area (Å²) in [6, 6.07) is 7.49. The lowest BCUT2D eigenvalue weighted by Crippen LogP contribution is -2.42. The molecule has 7 heteroatoms. The van der Waals surface area contributed by atoms with Gasteiger partial charge in [0.05, 0.1) is 23.4 Å². The molecule has 1 aromatic heterocycles. The number of carbonyl (C=O) groups is 2. The number of likely N-dealkylation sites (tertiary alicyclic amines) is 1. The first-order valence-electron chi connectivity index (χ1n) is 8.46. The van der Waals surface area contributed by atoms with Gasteiger partial charge in [0, 0.05) is 13.1 Å². The van der Waals surface area contributed by atoms with Crippen molar-refractivity contribution in [2.75, 3.05) is 26.3 Å². The maximum Gasteiger partial charge on any atom is 0.309 e. The number of nitrogens with zero attached hydrogens (tertiary/aromatic N) is 3. The number of hydrogen-bond acceptors (Lipinski definition) is 6. The molecule has 1 aliphatic rings. The highest BCUT2D eigenvalue weighted by atomic mass is 16.5. The topological polar surface area (TPSA) is 81.6 Å². The van der Waals surface area contributed by atoms with Crippen molar-refractivity contribution in [1.29, 1.82) is 0 Å². The fraction of sp³-hybridized carbons (Fsp3) is 0.444. The van der Waals surface area contributed by atoms with Gasteiger partial charge in [-0.2, -0.15) is 0 Å². The Bertz CT molecular complexity index is 752. The number of hydrogen-bond donors (Lipinski definition) is 0. The zero-order valence-electron chi connectivity index (χ0n) is 14.2. The highest BCUT2D eigenvalue weighted by Crippen LogP contribution is 2.21. The van der Waals surface area contributed by atoms with Crippen molar-refractivity contribution in [2.24, 2.45) is 5.92 Å². The van der Waals surface area contributed by atoms with E-state index in [4.69, 9.17) is 9.47 Å². The van der Waals surface area contributed by atoms with E-state index in [2.05, 4.69) is 9.97 Å². The summed E-state index contributed by atoms with van der Waals surface area (Å²) in [7, 11) is 0. The van der Waals surface area contributed by atoms with Crippen LogP contribution in [0.5, 0.6) is 5.88 Å². The van der Waals surface area contributed by atoms with E-state index < -0.39 is 0 Å². The Kier molecular flexibility index (Phi) is 5.42. The van der Waals surface area contributed by atoms with Crippen LogP contribution in [0.15, 0.2) is 30.6 Å². The van der Waals surface area contributed by atoms with E-state index in [1.165, 1.54) is 6.33 Å². The van der Waals surface area contributed by atoms with E-state index in [-0.39, 0.29) is 24.4 Å². The molecule has 1 aliphatic heterocycles. The Morgan fingerprint density at radius 3 is 2.72 bits per heavy atom. The molecular weight excluding hydrogens is 322 g/mol. The molecule has 0 atom stereocenters. The molecule has 0 spiro atoms. The molecule has 25 heavy (non-hydrogen) atoms. The number of ether oxygens (including phenoxy) is 2. The number of benzene rings is 1. The normalized spacial score (nSPS) is 15.2. The molecule has 2 aromatic rings. The van der Waals surface area contributed by atoms with Crippen molar-refractivity contribution >= 4 is 22.8 Å². The Labute approximate surface area is 146 Å². The summed E-state index contributed by atoms with van der Waals surface area (Å²) in [5.41, 5.74) is 0.773. The number of esters is 1. The van der Waals surface area contributed by atoms with Crippen LogP contribution in [0, 0.1) is 5.92 Å². The Morgan fingerprint density at radius 2 is 1.96 bits per heavy atom. The smallest absolute Gasteiger partial charge is 0.309 e. The predicted molar refractivity (Wildman–Crippen MR) is 91.0 cm³/mol. The van der Waals surface area contributed by atoms with Crippen molar-refractivity contribution in [3.63, 3.8) is 0 Å². The number of carbonyl (C=O) groups excluding carboxylic acids is 2. The van der Waals surface area contributed by atoms with Gasteiger partial charge >= 0.3 is 5.97 Å². The van der Waals surface area contributed by atoms with Crippen molar-refractivity contribution < 1.29 is 19.1 Å². The molecule has 0 unspecified atom stereocenters. The monoisotopic (exact) mass is 343 g/mol. The molecule has 0 aliphatic carbocycles. The molecule has 1 fully saturated rings. The molecule has 1 aromatic carbocycles. The van der Waals surface area contributed by atoms with Crippen molar-refractivity contribution in [3.8, 4) is 5.88 Å². The van der Waals surface area contributed by atoms with Crippen LogP contribution < -0.4 is 4.74 Å². The van der Waals surface area contributed by atoms with Gasteiger partial charge in [0.25, 0.3) is 5.91 Å². The average molecular weight is 343 g/mol. The first-order chi connectivity index (χ1) is 12.2. The first kappa shape index (κ1) is 17.1. The second-order valence-electron chi connectivity index (χ2n) is 5.89. The van der Waals surface area contributed by atoms with Gasteiger partial charge in [0.2, 0.25) is 5.88 Å². The van der Waals surface area contributed by atoms with Crippen molar-refractivity contribution in [3.05, 3.63) is 30.6 Å². The molecule has 2 heterocycles. The van der Waals surface area contributed by atoms with Gasteiger partial charge in [0.15, 0.2) is 6.61 Å². The number of aromatic nitrogens is 2. The van der Waals surface area contributed by atoms with Gasteiger partial charge in [-0.3, -0.25) is 9.59 Å². The highest BCUT2D eigenvalue weighted by Gasteiger charge is 2.28. The number of para-hydroxylation sites is 1. The zero-order valence-corrected chi connectivity index (χ0v) is 14.2. The quantitative estimate of drug-likeness (QED) is 0.770. The van der Waals surface area contributed by atoms with Crippen LogP contribution in [-0.2, 0) is 14.3 Å². The van der Waals surface area contributed by atoms with Crippen LogP contribution in [0.1, 0.15) is 19.8 Å². The van der Waals surface area contributed by atoms with Crippen LogP contribution in [0.4, 0.5) is 0 Å². The van der Waals surface area contributed by atoms with Crippen LogP contribution in [0.2, 0.25) is 0 Å².